The Morgan fingerprint density at radius 3 is 2.72 bits per heavy atom. The summed E-state index contributed by atoms with van der Waals surface area (Å²) >= 11 is 0. The van der Waals surface area contributed by atoms with Gasteiger partial charge in [-0.3, -0.25) is 9.78 Å². The first-order chi connectivity index (χ1) is 12.1. The number of amides is 1. The molecule has 3 atom stereocenters. The summed E-state index contributed by atoms with van der Waals surface area (Å²) in [5, 5.41) is 3.59. The molecule has 3 heterocycles. The Morgan fingerprint density at radius 1 is 1.24 bits per heavy atom. The lowest BCUT2D eigenvalue weighted by Crippen LogP contribution is -2.51. The summed E-state index contributed by atoms with van der Waals surface area (Å²) in [6.07, 6.45) is 4.20. The first-order valence-corrected chi connectivity index (χ1v) is 9.01. The van der Waals surface area contributed by atoms with Gasteiger partial charge in [-0.25, -0.2) is 4.98 Å². The molecule has 0 radical (unpaired) electrons. The first-order valence-electron chi connectivity index (χ1n) is 9.01. The zero-order valence-corrected chi connectivity index (χ0v) is 14.9. The Kier molecular flexibility index (Phi) is 3.94. The largest absolute Gasteiger partial charge is 0.361 e. The van der Waals surface area contributed by atoms with E-state index in [4.69, 9.17) is 0 Å². The summed E-state index contributed by atoms with van der Waals surface area (Å²) in [4.78, 5) is 23.6. The highest BCUT2D eigenvalue weighted by atomic mass is 16.2. The van der Waals surface area contributed by atoms with Crippen LogP contribution in [-0.2, 0) is 4.79 Å². The maximum atomic E-state index is 12.4. The lowest BCUT2D eigenvalue weighted by atomic mass is 9.82. The van der Waals surface area contributed by atoms with Crippen molar-refractivity contribution in [2.45, 2.75) is 45.7 Å². The van der Waals surface area contributed by atoms with Crippen LogP contribution in [0.3, 0.4) is 0 Å². The summed E-state index contributed by atoms with van der Waals surface area (Å²) in [6, 6.07) is 10.2. The van der Waals surface area contributed by atoms with Gasteiger partial charge < -0.3 is 10.2 Å². The van der Waals surface area contributed by atoms with E-state index in [9.17, 15) is 4.79 Å². The van der Waals surface area contributed by atoms with Gasteiger partial charge in [0.15, 0.2) is 0 Å². The van der Waals surface area contributed by atoms with Crippen LogP contribution in [0.5, 0.6) is 0 Å². The van der Waals surface area contributed by atoms with Crippen molar-refractivity contribution < 1.29 is 4.79 Å². The van der Waals surface area contributed by atoms with Crippen molar-refractivity contribution in [1.29, 1.82) is 0 Å². The second-order valence-corrected chi connectivity index (χ2v) is 7.27. The molecule has 1 aliphatic heterocycles. The van der Waals surface area contributed by atoms with E-state index in [-0.39, 0.29) is 23.9 Å². The third-order valence-corrected chi connectivity index (χ3v) is 5.37. The van der Waals surface area contributed by atoms with Crippen molar-refractivity contribution in [3.8, 4) is 0 Å². The Bertz CT molecular complexity index is 802. The standard InChI is InChI=1S/C20H24N4O/c1-12-6-4-8-17(22-12)23-18-13(2)20(15-9-10-15)24(14(3)25)16-7-5-11-21-19(16)18/h4-8,11,13,15,18,20H,9-10H2,1-3H3,(H,22,23)/t13-,18-,20-/m0/s1. The molecule has 4 rings (SSSR count). The molecule has 1 aliphatic carbocycles. The zero-order chi connectivity index (χ0) is 17.6. The van der Waals surface area contributed by atoms with Crippen LogP contribution in [0.2, 0.25) is 0 Å². The van der Waals surface area contributed by atoms with Crippen LogP contribution < -0.4 is 10.2 Å². The molecule has 1 amide bonds. The number of pyridine rings is 2. The summed E-state index contributed by atoms with van der Waals surface area (Å²) in [7, 11) is 0. The highest BCUT2D eigenvalue weighted by Crippen LogP contribution is 2.49. The van der Waals surface area contributed by atoms with Crippen LogP contribution in [0, 0.1) is 18.8 Å². The van der Waals surface area contributed by atoms with Gasteiger partial charge >= 0.3 is 0 Å². The van der Waals surface area contributed by atoms with Crippen LogP contribution in [0.25, 0.3) is 0 Å². The van der Waals surface area contributed by atoms with E-state index in [0.29, 0.717) is 5.92 Å². The molecule has 2 aliphatic rings. The predicted octanol–water partition coefficient (Wildman–Crippen LogP) is 3.72. The topological polar surface area (TPSA) is 58.1 Å². The molecule has 0 saturated heterocycles. The van der Waals surface area contributed by atoms with Crippen molar-refractivity contribution in [2.75, 3.05) is 10.2 Å². The molecule has 2 aromatic heterocycles. The SMILES string of the molecule is CC(=O)N1c2cccnc2[C@@H](Nc2cccc(C)n2)[C@H](C)[C@H]1C1CC1. The predicted molar refractivity (Wildman–Crippen MR) is 98.4 cm³/mol. The van der Waals surface area contributed by atoms with Gasteiger partial charge in [-0.05, 0) is 49.9 Å². The maximum Gasteiger partial charge on any atom is 0.224 e. The lowest BCUT2D eigenvalue weighted by Gasteiger charge is -2.45. The Morgan fingerprint density at radius 2 is 2.04 bits per heavy atom. The van der Waals surface area contributed by atoms with E-state index < -0.39 is 0 Å². The summed E-state index contributed by atoms with van der Waals surface area (Å²) < 4.78 is 0. The molecule has 0 spiro atoms. The van der Waals surface area contributed by atoms with E-state index in [2.05, 4.69) is 22.2 Å². The van der Waals surface area contributed by atoms with Gasteiger partial charge in [0.05, 0.1) is 17.4 Å². The monoisotopic (exact) mass is 336 g/mol. The molecule has 2 aromatic rings. The highest BCUT2D eigenvalue weighted by Gasteiger charge is 2.48. The maximum absolute atomic E-state index is 12.4. The molecule has 0 unspecified atom stereocenters. The fourth-order valence-corrected chi connectivity index (χ4v) is 4.13. The number of aryl methyl sites for hydroxylation is 1. The summed E-state index contributed by atoms with van der Waals surface area (Å²) in [5.41, 5.74) is 2.86. The number of rotatable bonds is 3. The molecule has 0 bridgehead atoms. The third kappa shape index (κ3) is 2.88. The minimum Gasteiger partial charge on any atom is -0.361 e. The number of hydrogen-bond donors (Lipinski definition) is 1. The van der Waals surface area contributed by atoms with Gasteiger partial charge in [0.1, 0.15) is 5.82 Å². The van der Waals surface area contributed by atoms with Crippen molar-refractivity contribution in [1.82, 2.24) is 9.97 Å². The number of anilines is 2. The Hall–Kier alpha value is -2.43. The molecule has 25 heavy (non-hydrogen) atoms. The number of nitrogens with zero attached hydrogens (tertiary/aromatic N) is 3. The number of carbonyl (C=O) groups excluding carboxylic acids is 1. The molecular formula is C20H24N4O. The fourth-order valence-electron chi connectivity index (χ4n) is 4.13. The quantitative estimate of drug-likeness (QED) is 0.928. The lowest BCUT2D eigenvalue weighted by molar-refractivity contribution is -0.117. The third-order valence-electron chi connectivity index (χ3n) is 5.37. The average molecular weight is 336 g/mol. The molecule has 1 fully saturated rings. The minimum absolute atomic E-state index is 0.0479. The molecular weight excluding hydrogens is 312 g/mol. The average Bonchev–Trinajstić information content (AvgIpc) is 3.41. The molecule has 5 heteroatoms. The number of aromatic nitrogens is 2. The van der Waals surface area contributed by atoms with Gasteiger partial charge in [0.25, 0.3) is 0 Å². The van der Waals surface area contributed by atoms with Crippen molar-refractivity contribution in [2.24, 2.45) is 11.8 Å². The first kappa shape index (κ1) is 16.1. The molecule has 130 valence electrons. The van der Waals surface area contributed by atoms with Crippen molar-refractivity contribution in [3.05, 3.63) is 47.9 Å². The normalized spacial score (nSPS) is 25.4. The Balaban J connectivity index is 1.77. The van der Waals surface area contributed by atoms with E-state index in [0.717, 1.165) is 22.9 Å². The molecule has 0 aromatic carbocycles. The van der Waals surface area contributed by atoms with Gasteiger partial charge in [0.2, 0.25) is 5.91 Å². The van der Waals surface area contributed by atoms with Gasteiger partial charge in [-0.1, -0.05) is 13.0 Å². The van der Waals surface area contributed by atoms with E-state index in [1.54, 1.807) is 13.1 Å². The molecule has 1 saturated carbocycles. The number of nitrogens with one attached hydrogen (secondary N) is 1. The van der Waals surface area contributed by atoms with E-state index >= 15 is 0 Å². The fraction of sp³-hybridized carbons (Fsp3) is 0.450. The molecule has 1 N–H and O–H groups in total. The second-order valence-electron chi connectivity index (χ2n) is 7.27. The highest BCUT2D eigenvalue weighted by molar-refractivity contribution is 5.93. The Labute approximate surface area is 148 Å². The number of carbonyl (C=O) groups is 1. The van der Waals surface area contributed by atoms with E-state index in [1.807, 2.05) is 42.2 Å². The second kappa shape index (κ2) is 6.14. The van der Waals surface area contributed by atoms with Crippen molar-refractivity contribution in [3.63, 3.8) is 0 Å². The van der Waals surface area contributed by atoms with Gasteiger partial charge in [0, 0.05) is 30.8 Å². The van der Waals surface area contributed by atoms with Gasteiger partial charge in [-0.15, -0.1) is 0 Å². The van der Waals surface area contributed by atoms with Crippen LogP contribution in [0.4, 0.5) is 11.5 Å². The smallest absolute Gasteiger partial charge is 0.224 e. The summed E-state index contributed by atoms with van der Waals surface area (Å²) in [5.74, 6) is 1.81. The number of fused-ring (bicyclic) bond motifs is 1. The number of hydrogen-bond acceptors (Lipinski definition) is 4. The minimum atomic E-state index is 0.0479. The van der Waals surface area contributed by atoms with Crippen LogP contribution in [0.15, 0.2) is 36.5 Å². The van der Waals surface area contributed by atoms with Gasteiger partial charge in [-0.2, -0.15) is 0 Å². The summed E-state index contributed by atoms with van der Waals surface area (Å²) in [6.45, 7) is 5.88. The van der Waals surface area contributed by atoms with E-state index in [1.165, 1.54) is 12.8 Å². The van der Waals surface area contributed by atoms with Crippen LogP contribution in [-0.4, -0.2) is 21.9 Å². The van der Waals surface area contributed by atoms with Crippen LogP contribution >= 0.6 is 0 Å². The molecule has 5 nitrogen and oxygen atoms in total. The van der Waals surface area contributed by atoms with Crippen LogP contribution in [0.1, 0.15) is 44.1 Å². The van der Waals surface area contributed by atoms with Crippen molar-refractivity contribution >= 4 is 17.4 Å². The zero-order valence-electron chi connectivity index (χ0n) is 14.9.